The first-order chi connectivity index (χ1) is 19.5. The molecule has 0 saturated carbocycles. The van der Waals surface area contributed by atoms with E-state index in [4.69, 9.17) is 22.5 Å². The summed E-state index contributed by atoms with van der Waals surface area (Å²) in [5.74, 6) is -3.32. The Kier molecular flexibility index (Phi) is 8.88. The first-order valence-electron chi connectivity index (χ1n) is 13.0. The zero-order chi connectivity index (χ0) is 31.0. The van der Waals surface area contributed by atoms with E-state index in [1.54, 1.807) is 6.07 Å². The lowest BCUT2D eigenvalue weighted by atomic mass is 9.88. The van der Waals surface area contributed by atoms with Crippen LogP contribution in [0.4, 0.5) is 17.6 Å². The molecule has 0 radical (unpaired) electrons. The molecule has 0 aliphatic carbocycles. The first kappa shape index (κ1) is 31.3. The maximum Gasteiger partial charge on any atom is 0.394 e. The Morgan fingerprint density at radius 3 is 2.07 bits per heavy atom. The van der Waals surface area contributed by atoms with Crippen molar-refractivity contribution in [2.45, 2.75) is 45.1 Å². The summed E-state index contributed by atoms with van der Waals surface area (Å²) in [4.78, 5) is 7.14. The molecule has 8 nitrogen and oxygen atoms in total. The fourth-order valence-electron chi connectivity index (χ4n) is 5.18. The van der Waals surface area contributed by atoms with Crippen molar-refractivity contribution in [3.8, 4) is 22.4 Å². The molecule has 3 heterocycles. The number of piperidine rings is 1. The van der Waals surface area contributed by atoms with Gasteiger partial charge in [0.25, 0.3) is 5.69 Å². The third kappa shape index (κ3) is 7.04. The van der Waals surface area contributed by atoms with Gasteiger partial charge in [0, 0.05) is 40.2 Å². The second-order valence-electron chi connectivity index (χ2n) is 10.9. The van der Waals surface area contributed by atoms with Crippen molar-refractivity contribution >= 4 is 21.3 Å². The number of fused-ring (bicyclic) bond motifs is 1. The van der Waals surface area contributed by atoms with Crippen LogP contribution in [-0.4, -0.2) is 46.0 Å². The molecule has 4 aromatic rings. The number of benzene rings is 2. The van der Waals surface area contributed by atoms with Gasteiger partial charge in [-0.2, -0.15) is 13.1 Å². The van der Waals surface area contributed by atoms with Crippen LogP contribution < -0.4 is 4.73 Å². The van der Waals surface area contributed by atoms with Gasteiger partial charge in [-0.3, -0.25) is 14.0 Å². The molecule has 1 aliphatic rings. The van der Waals surface area contributed by atoms with Crippen LogP contribution in [0.3, 0.4) is 0 Å². The molecule has 2 aromatic heterocycles. The topological polar surface area (TPSA) is 118 Å². The second-order valence-corrected chi connectivity index (χ2v) is 11.8. The summed E-state index contributed by atoms with van der Waals surface area (Å²) in [7, 11) is -4.67. The number of rotatable bonds is 3. The van der Waals surface area contributed by atoms with Crippen molar-refractivity contribution in [3.63, 3.8) is 0 Å². The average Bonchev–Trinajstić information content (AvgIpc) is 2.88. The highest BCUT2D eigenvalue weighted by Crippen LogP contribution is 2.39. The van der Waals surface area contributed by atoms with E-state index in [9.17, 15) is 22.8 Å². The third-order valence-electron chi connectivity index (χ3n) is 7.18. The van der Waals surface area contributed by atoms with Gasteiger partial charge in [0.1, 0.15) is 34.3 Å². The van der Waals surface area contributed by atoms with Gasteiger partial charge in [-0.1, -0.05) is 6.07 Å². The summed E-state index contributed by atoms with van der Waals surface area (Å²) in [6, 6.07) is 9.84. The molecule has 0 unspecified atom stereocenters. The van der Waals surface area contributed by atoms with E-state index in [2.05, 4.69) is 25.7 Å². The third-order valence-corrected chi connectivity index (χ3v) is 7.18. The van der Waals surface area contributed by atoms with Crippen LogP contribution in [0.5, 0.6) is 0 Å². The Morgan fingerprint density at radius 2 is 1.52 bits per heavy atom. The smallest absolute Gasteiger partial charge is 0.394 e. The number of pyridine rings is 2. The lowest BCUT2D eigenvalue weighted by Gasteiger charge is -2.40. The number of nitrogens with zero attached hydrogens (tertiary/aromatic N) is 3. The fraction of sp³-hybridized carbons (Fsp3) is 0.310. The van der Waals surface area contributed by atoms with Crippen molar-refractivity contribution in [2.75, 3.05) is 13.1 Å². The predicted molar refractivity (Wildman–Crippen MR) is 149 cm³/mol. The molecule has 1 aliphatic heterocycles. The summed E-state index contributed by atoms with van der Waals surface area (Å²) >= 11 is 0. The van der Waals surface area contributed by atoms with Gasteiger partial charge in [0.05, 0.1) is 0 Å². The summed E-state index contributed by atoms with van der Waals surface area (Å²) in [6.07, 6.45) is 2.67. The van der Waals surface area contributed by atoms with Crippen LogP contribution >= 0.6 is 0 Å². The normalized spacial score (nSPS) is 15.0. The van der Waals surface area contributed by atoms with E-state index in [1.165, 1.54) is 18.2 Å². The van der Waals surface area contributed by atoms with E-state index in [-0.39, 0.29) is 28.2 Å². The number of aromatic nitrogens is 2. The zero-order valence-electron chi connectivity index (χ0n) is 23.0. The number of hydrogen-bond donors (Lipinski definition) is 2. The van der Waals surface area contributed by atoms with Gasteiger partial charge in [-0.05, 0) is 82.6 Å². The van der Waals surface area contributed by atoms with Crippen LogP contribution in [0.15, 0.2) is 54.7 Å². The van der Waals surface area contributed by atoms with Crippen molar-refractivity contribution in [1.29, 1.82) is 0 Å². The van der Waals surface area contributed by atoms with E-state index in [0.717, 1.165) is 56.4 Å². The lowest BCUT2D eigenvalue weighted by molar-refractivity contribution is -0.592. The van der Waals surface area contributed by atoms with Crippen LogP contribution in [0.1, 0.15) is 45.2 Å². The van der Waals surface area contributed by atoms with Crippen molar-refractivity contribution in [2.24, 2.45) is 0 Å². The maximum absolute atomic E-state index is 15.0. The summed E-state index contributed by atoms with van der Waals surface area (Å²) in [5.41, 5.74) is 0.389. The number of likely N-dealkylation sites (tertiary alicyclic amines) is 1. The first-order valence-corrected chi connectivity index (χ1v) is 14.4. The van der Waals surface area contributed by atoms with E-state index >= 15 is 0 Å². The second kappa shape index (κ2) is 11.9. The molecule has 13 heteroatoms. The minimum atomic E-state index is -4.67. The number of hydrogen-bond acceptors (Lipinski definition) is 5. The number of halogens is 4. The van der Waals surface area contributed by atoms with Crippen LogP contribution in [0, 0.1) is 28.5 Å². The lowest BCUT2D eigenvalue weighted by Crippen LogP contribution is -2.45. The van der Waals surface area contributed by atoms with Crippen LogP contribution in [0.25, 0.3) is 33.3 Å². The fourth-order valence-corrected chi connectivity index (χ4v) is 5.18. The van der Waals surface area contributed by atoms with E-state index in [0.29, 0.717) is 21.4 Å². The van der Waals surface area contributed by atoms with Crippen LogP contribution in [0.2, 0.25) is 0 Å². The van der Waals surface area contributed by atoms with Gasteiger partial charge >= 0.3 is 10.4 Å². The largest absolute Gasteiger partial charge is 0.618 e. The van der Waals surface area contributed by atoms with Gasteiger partial charge in [-0.15, -0.1) is 0 Å². The molecule has 42 heavy (non-hydrogen) atoms. The summed E-state index contributed by atoms with van der Waals surface area (Å²) in [6.45, 7) is 8.09. The molecule has 0 amide bonds. The van der Waals surface area contributed by atoms with E-state index in [1.807, 2.05) is 0 Å². The van der Waals surface area contributed by atoms with Gasteiger partial charge < -0.3 is 5.21 Å². The Bertz CT molecular complexity index is 1710. The minimum absolute atomic E-state index is 0.00775. The molecule has 1 saturated heterocycles. The van der Waals surface area contributed by atoms with Gasteiger partial charge in [0.15, 0.2) is 6.20 Å². The monoisotopic (exact) mass is 607 g/mol. The molecule has 5 rings (SSSR count). The van der Waals surface area contributed by atoms with Crippen molar-refractivity contribution < 1.29 is 39.8 Å². The Labute approximate surface area is 240 Å². The molecule has 0 spiro atoms. The molecule has 0 bridgehead atoms. The highest BCUT2D eigenvalue weighted by Gasteiger charge is 2.31. The highest BCUT2D eigenvalue weighted by atomic mass is 32.3. The molecular weight excluding hydrogens is 578 g/mol. The quantitative estimate of drug-likeness (QED) is 0.125. The van der Waals surface area contributed by atoms with E-state index < -0.39 is 39.2 Å². The summed E-state index contributed by atoms with van der Waals surface area (Å²) < 4.78 is 90.4. The average molecular weight is 608 g/mol. The highest BCUT2D eigenvalue weighted by molar-refractivity contribution is 7.79. The SMILES string of the molecule is CC(C)(C)N1CCC(c2cc(-c3ccc(F)cc3F)c3cc[n+]([O-])c(-c4c(F)cccc4F)c3n2)CC1.O=S(=O)(O)O. The minimum Gasteiger partial charge on any atom is -0.618 e. The molecule has 0 atom stereocenters. The van der Waals surface area contributed by atoms with Crippen LogP contribution in [-0.2, 0) is 10.4 Å². The Morgan fingerprint density at radius 1 is 0.929 bits per heavy atom. The maximum atomic E-state index is 15.0. The molecule has 2 aromatic carbocycles. The van der Waals surface area contributed by atoms with Crippen molar-refractivity contribution in [3.05, 3.63) is 88.9 Å². The Balaban J connectivity index is 0.000000748. The Hall–Kier alpha value is -3.65. The molecule has 224 valence electrons. The predicted octanol–water partition coefficient (Wildman–Crippen LogP) is 6.08. The van der Waals surface area contributed by atoms with Gasteiger partial charge in [0.2, 0.25) is 0 Å². The molecular formula is C29H29F4N3O5S. The summed E-state index contributed by atoms with van der Waals surface area (Å²) in [5, 5.41) is 13.3. The molecule has 1 fully saturated rings. The van der Waals surface area contributed by atoms with Crippen molar-refractivity contribution in [1.82, 2.24) is 9.88 Å². The molecule has 2 N–H and O–H groups in total. The standard InChI is InChI=1S/C29H27F4N3O.H2O4S/c1-29(2,3)35-12-9-17(10-13-35)25-16-21(19-8-7-18(30)15-24(19)33)20-11-14-36(37)28(27(20)34-25)26-22(31)5-4-6-23(26)32;1-5(2,3)4/h4-8,11,14-17H,9-10,12-13H2,1-3H3;(H2,1,2,3,4). The zero-order valence-corrected chi connectivity index (χ0v) is 23.8. The van der Waals surface area contributed by atoms with Gasteiger partial charge in [-0.25, -0.2) is 22.5 Å².